The summed E-state index contributed by atoms with van der Waals surface area (Å²) < 4.78 is 6.60. The van der Waals surface area contributed by atoms with Gasteiger partial charge in [-0.05, 0) is 25.1 Å². The minimum atomic E-state index is -1.49. The maximum absolute atomic E-state index is 6.60. The van der Waals surface area contributed by atoms with Gasteiger partial charge in [0.1, 0.15) is 0 Å². The highest BCUT2D eigenvalue weighted by Gasteiger charge is 2.37. The van der Waals surface area contributed by atoms with Gasteiger partial charge in [-0.2, -0.15) is 0 Å². The Morgan fingerprint density at radius 3 is 1.50 bits per heavy atom. The molecular weight excluding hydrogens is 228 g/mol. The lowest BCUT2D eigenvalue weighted by Gasteiger charge is -2.39. The van der Waals surface area contributed by atoms with E-state index in [4.69, 9.17) is 4.43 Å². The van der Waals surface area contributed by atoms with E-state index in [1.807, 2.05) is 0 Å². The third kappa shape index (κ3) is 4.72. The molecule has 0 amide bonds. The number of rotatable bonds is 7. The van der Waals surface area contributed by atoms with Gasteiger partial charge in [-0.15, -0.1) is 0 Å². The van der Waals surface area contributed by atoms with Crippen molar-refractivity contribution in [2.45, 2.75) is 84.0 Å². The van der Waals surface area contributed by atoms with Gasteiger partial charge >= 0.3 is 0 Å². The monoisotopic (exact) mass is 260 g/mol. The fourth-order valence-electron chi connectivity index (χ4n) is 2.61. The maximum Gasteiger partial charge on any atom is 0.189 e. The molecule has 0 aliphatic rings. The quantitative estimate of drug-likeness (QED) is 0.582. The zero-order chi connectivity index (χ0) is 13.0. The van der Waals surface area contributed by atoms with Crippen LogP contribution in [0.4, 0.5) is 0 Å². The fourth-order valence-corrected chi connectivity index (χ4v) is 9.22. The predicted molar refractivity (Wildman–Crippen MR) is 80.3 cm³/mol. The van der Waals surface area contributed by atoms with Crippen molar-refractivity contribution in [2.75, 3.05) is 0 Å². The summed E-state index contributed by atoms with van der Waals surface area (Å²) in [4.78, 5) is 0. The summed E-state index contributed by atoms with van der Waals surface area (Å²) in [6.07, 6.45) is 3.74. The van der Waals surface area contributed by atoms with Crippen LogP contribution in [0.25, 0.3) is 0 Å². The summed E-state index contributed by atoms with van der Waals surface area (Å²) >= 11 is 0. The van der Waals surface area contributed by atoms with Gasteiger partial charge < -0.3 is 4.43 Å². The summed E-state index contributed by atoms with van der Waals surface area (Å²) in [6, 6.07) is 0. The van der Waals surface area contributed by atoms with Gasteiger partial charge in [-0.1, -0.05) is 53.3 Å². The molecule has 3 heteroatoms. The zero-order valence-electron chi connectivity index (χ0n) is 12.7. The topological polar surface area (TPSA) is 9.23 Å². The Morgan fingerprint density at radius 1 is 0.812 bits per heavy atom. The van der Waals surface area contributed by atoms with E-state index in [9.17, 15) is 0 Å². The summed E-state index contributed by atoms with van der Waals surface area (Å²) in [5.41, 5.74) is 1.37. The lowest BCUT2D eigenvalue weighted by molar-refractivity contribution is 0.245. The highest BCUT2D eigenvalue weighted by atomic mass is 28.4. The molecule has 1 atom stereocenters. The first-order valence-corrected chi connectivity index (χ1v) is 13.4. The van der Waals surface area contributed by atoms with Crippen molar-refractivity contribution in [1.82, 2.24) is 0 Å². The Hall–Kier alpha value is 0.394. The van der Waals surface area contributed by atoms with Crippen LogP contribution in [0.1, 0.15) is 40.0 Å². The molecule has 16 heavy (non-hydrogen) atoms. The zero-order valence-corrected chi connectivity index (χ0v) is 14.7. The fraction of sp³-hybridized carbons (Fsp3) is 1.00. The summed E-state index contributed by atoms with van der Waals surface area (Å²) in [5, 5.41) is 0. The molecule has 0 heterocycles. The van der Waals surface area contributed by atoms with Crippen LogP contribution in [0.2, 0.25) is 38.3 Å². The van der Waals surface area contributed by atoms with Gasteiger partial charge in [-0.3, -0.25) is 0 Å². The van der Waals surface area contributed by atoms with E-state index in [0.29, 0.717) is 5.73 Å². The van der Waals surface area contributed by atoms with Crippen LogP contribution in [0.5, 0.6) is 0 Å². The average molecular weight is 261 g/mol. The van der Waals surface area contributed by atoms with E-state index in [2.05, 4.69) is 53.5 Å². The van der Waals surface area contributed by atoms with Gasteiger partial charge in [0.05, 0.1) is 8.07 Å². The van der Waals surface area contributed by atoms with E-state index in [-0.39, 0.29) is 0 Å². The second kappa shape index (κ2) is 6.36. The van der Waals surface area contributed by atoms with Crippen LogP contribution in [-0.2, 0) is 4.43 Å². The minimum absolute atomic E-state index is 0.551. The second-order valence-corrected chi connectivity index (χ2v) is 16.1. The highest BCUT2D eigenvalue weighted by Crippen LogP contribution is 2.32. The Labute approximate surface area is 105 Å². The van der Waals surface area contributed by atoms with Crippen LogP contribution < -0.4 is 0 Å². The van der Waals surface area contributed by atoms with Crippen molar-refractivity contribution >= 4 is 16.4 Å². The van der Waals surface area contributed by atoms with Gasteiger partial charge in [0, 0.05) is 5.73 Å². The molecule has 0 fully saturated rings. The molecule has 0 aromatic rings. The van der Waals surface area contributed by atoms with Crippen LogP contribution >= 0.6 is 0 Å². The van der Waals surface area contributed by atoms with Crippen LogP contribution in [-0.4, -0.2) is 22.1 Å². The summed E-state index contributed by atoms with van der Waals surface area (Å²) in [5.74, 6) is 0. The van der Waals surface area contributed by atoms with Crippen LogP contribution in [0.3, 0.4) is 0 Å². The third-order valence-electron chi connectivity index (χ3n) is 3.75. The Bertz CT molecular complexity index is 193. The molecule has 0 N–H and O–H groups in total. The smallest absolute Gasteiger partial charge is 0.189 e. The first kappa shape index (κ1) is 16.4. The lowest BCUT2D eigenvalue weighted by Crippen LogP contribution is -2.49. The molecule has 0 bridgehead atoms. The largest absolute Gasteiger partial charge is 0.417 e. The van der Waals surface area contributed by atoms with Gasteiger partial charge in [0.2, 0.25) is 0 Å². The van der Waals surface area contributed by atoms with Crippen LogP contribution in [0, 0.1) is 0 Å². The molecule has 1 nitrogen and oxygen atoms in total. The second-order valence-electron chi connectivity index (χ2n) is 6.50. The van der Waals surface area contributed by atoms with Crippen molar-refractivity contribution in [1.29, 1.82) is 0 Å². The van der Waals surface area contributed by atoms with Gasteiger partial charge in [0.15, 0.2) is 8.32 Å². The third-order valence-corrected chi connectivity index (χ3v) is 10.1. The van der Waals surface area contributed by atoms with E-state index < -0.39 is 16.4 Å². The molecular formula is C13H32OSi2. The van der Waals surface area contributed by atoms with Crippen molar-refractivity contribution < 1.29 is 4.43 Å². The van der Waals surface area contributed by atoms with E-state index in [0.717, 1.165) is 5.54 Å². The maximum atomic E-state index is 6.60. The Morgan fingerprint density at radius 2 is 1.25 bits per heavy atom. The highest BCUT2D eigenvalue weighted by molar-refractivity contribution is 6.79. The lowest BCUT2D eigenvalue weighted by atomic mass is 10.3. The molecule has 0 aliphatic carbocycles. The van der Waals surface area contributed by atoms with Crippen molar-refractivity contribution in [3.8, 4) is 0 Å². The van der Waals surface area contributed by atoms with E-state index >= 15 is 0 Å². The molecule has 1 unspecified atom stereocenters. The molecule has 0 radical (unpaired) electrons. The first-order valence-electron chi connectivity index (χ1n) is 6.86. The number of hydrogen-bond acceptors (Lipinski definition) is 1. The molecule has 0 rings (SSSR count). The summed E-state index contributed by atoms with van der Waals surface area (Å²) in [6.45, 7) is 19.0. The Balaban J connectivity index is 4.66. The SMILES string of the molecule is CCC(O[Si](C)(C)C(CC)CC)[Si](C)(C)C. The molecule has 0 saturated heterocycles. The van der Waals surface area contributed by atoms with Crippen LogP contribution in [0.15, 0.2) is 0 Å². The first-order chi connectivity index (χ1) is 7.19. The predicted octanol–water partition coefficient (Wildman–Crippen LogP) is 5.05. The van der Waals surface area contributed by atoms with Gasteiger partial charge in [0.25, 0.3) is 0 Å². The standard InChI is InChI=1S/C13H32OSi2/c1-9-12(10-2)16(7,8)14-13(11-3)15(4,5)6/h12-13H,9-11H2,1-8H3. The Kier molecular flexibility index (Phi) is 6.52. The molecule has 0 aromatic heterocycles. The van der Waals surface area contributed by atoms with E-state index in [1.165, 1.54) is 19.3 Å². The average Bonchev–Trinajstić information content (AvgIpc) is 2.14. The summed E-state index contributed by atoms with van der Waals surface area (Å²) in [7, 11) is -2.65. The molecule has 0 aromatic carbocycles. The molecule has 98 valence electrons. The molecule has 0 spiro atoms. The van der Waals surface area contributed by atoms with Crippen molar-refractivity contribution in [3.05, 3.63) is 0 Å². The van der Waals surface area contributed by atoms with Crippen molar-refractivity contribution in [3.63, 3.8) is 0 Å². The normalized spacial score (nSPS) is 15.6. The number of hydrogen-bond donors (Lipinski definition) is 0. The van der Waals surface area contributed by atoms with Gasteiger partial charge in [-0.25, -0.2) is 0 Å². The molecule has 0 saturated carbocycles. The van der Waals surface area contributed by atoms with E-state index in [1.54, 1.807) is 0 Å². The minimum Gasteiger partial charge on any atom is -0.417 e. The van der Waals surface area contributed by atoms with Crippen molar-refractivity contribution in [2.24, 2.45) is 0 Å². The molecule has 0 aliphatic heterocycles.